The van der Waals surface area contributed by atoms with Gasteiger partial charge in [0.1, 0.15) is 0 Å². The molecule has 1 fully saturated rings. The number of carbonyl (C=O) groups excluding carboxylic acids is 1. The maximum absolute atomic E-state index is 11.6. The third-order valence-electron chi connectivity index (χ3n) is 4.31. The van der Waals surface area contributed by atoms with Crippen LogP contribution in [-0.4, -0.2) is 38.7 Å². The minimum absolute atomic E-state index is 0.0443. The summed E-state index contributed by atoms with van der Waals surface area (Å²) in [5.41, 5.74) is 2.32. The highest BCUT2D eigenvalue weighted by atomic mass is 32.1. The molecule has 1 aliphatic heterocycles. The van der Waals surface area contributed by atoms with Gasteiger partial charge in [0.2, 0.25) is 5.91 Å². The van der Waals surface area contributed by atoms with Crippen LogP contribution in [0.3, 0.4) is 0 Å². The van der Waals surface area contributed by atoms with Gasteiger partial charge in [0.25, 0.3) is 0 Å². The van der Waals surface area contributed by atoms with Gasteiger partial charge in [-0.15, -0.1) is 11.3 Å². The minimum atomic E-state index is 0.0443. The molecule has 6 nitrogen and oxygen atoms in total. The zero-order valence-electron chi connectivity index (χ0n) is 13.9. The lowest BCUT2D eigenvalue weighted by atomic mass is 10.1. The molecule has 0 spiro atoms. The molecule has 0 aliphatic carbocycles. The number of anilines is 1. The normalized spacial score (nSPS) is 18.5. The Morgan fingerprint density at radius 3 is 3.00 bits per heavy atom. The first-order chi connectivity index (χ1) is 11.1. The Labute approximate surface area is 140 Å². The molecule has 0 saturated carbocycles. The Bertz CT molecular complexity index is 680. The lowest BCUT2D eigenvalue weighted by Gasteiger charge is -2.22. The third-order valence-corrected chi connectivity index (χ3v) is 5.22. The van der Waals surface area contributed by atoms with E-state index in [4.69, 9.17) is 0 Å². The maximum Gasteiger partial charge on any atom is 0.225 e. The highest BCUT2D eigenvalue weighted by Crippen LogP contribution is 2.33. The number of carbonyl (C=O) groups is 1. The van der Waals surface area contributed by atoms with Crippen LogP contribution < -0.4 is 4.90 Å². The number of hydrogen-bond donors (Lipinski definition) is 0. The minimum Gasteiger partial charge on any atom is -0.290 e. The van der Waals surface area contributed by atoms with Gasteiger partial charge in [0.05, 0.1) is 11.9 Å². The second-order valence-corrected chi connectivity index (χ2v) is 6.80. The van der Waals surface area contributed by atoms with Crippen molar-refractivity contribution >= 4 is 22.4 Å². The first-order valence-electron chi connectivity index (χ1n) is 8.03. The fraction of sp³-hybridized carbons (Fsp3) is 0.562. The standard InChI is InChI=1S/C16H23N5OS/c1-4-21(12(2)22)16-18-14(11-23-16)10-20-7-5-6-15(20)13-8-17-19(3)9-13/h8-9,11,15H,4-7,10H2,1-3H3/t15-/m0/s1. The van der Waals surface area contributed by atoms with Crippen LogP contribution in [0.15, 0.2) is 17.8 Å². The molecule has 0 N–H and O–H groups in total. The van der Waals surface area contributed by atoms with Gasteiger partial charge in [0, 0.05) is 50.2 Å². The van der Waals surface area contributed by atoms with Gasteiger partial charge in [-0.3, -0.25) is 19.3 Å². The Kier molecular flexibility index (Phi) is 4.77. The van der Waals surface area contributed by atoms with Gasteiger partial charge < -0.3 is 0 Å². The van der Waals surface area contributed by atoms with Crippen LogP contribution in [-0.2, 0) is 18.4 Å². The largest absolute Gasteiger partial charge is 0.290 e. The predicted molar refractivity (Wildman–Crippen MR) is 91.4 cm³/mol. The van der Waals surface area contributed by atoms with Gasteiger partial charge in [-0.05, 0) is 26.3 Å². The van der Waals surface area contributed by atoms with E-state index in [1.54, 1.807) is 23.2 Å². The quantitative estimate of drug-likeness (QED) is 0.844. The summed E-state index contributed by atoms with van der Waals surface area (Å²) in [7, 11) is 1.95. The first-order valence-corrected chi connectivity index (χ1v) is 8.91. The molecular formula is C16H23N5OS. The molecule has 0 unspecified atom stereocenters. The highest BCUT2D eigenvalue weighted by molar-refractivity contribution is 7.14. The smallest absolute Gasteiger partial charge is 0.225 e. The number of rotatable bonds is 5. The van der Waals surface area contributed by atoms with Crippen molar-refractivity contribution < 1.29 is 4.79 Å². The average molecular weight is 333 g/mol. The van der Waals surface area contributed by atoms with Crippen LogP contribution in [0.2, 0.25) is 0 Å². The molecular weight excluding hydrogens is 310 g/mol. The monoisotopic (exact) mass is 333 g/mol. The average Bonchev–Trinajstić information content (AvgIpc) is 3.21. The molecule has 0 radical (unpaired) electrons. The second-order valence-electron chi connectivity index (χ2n) is 5.96. The molecule has 7 heteroatoms. The summed E-state index contributed by atoms with van der Waals surface area (Å²) in [5, 5.41) is 7.16. The van der Waals surface area contributed by atoms with E-state index < -0.39 is 0 Å². The number of likely N-dealkylation sites (tertiary alicyclic amines) is 1. The summed E-state index contributed by atoms with van der Waals surface area (Å²) in [4.78, 5) is 20.5. The van der Waals surface area contributed by atoms with Crippen LogP contribution in [0, 0.1) is 0 Å². The third kappa shape index (κ3) is 3.45. The molecule has 0 bridgehead atoms. The Morgan fingerprint density at radius 1 is 1.52 bits per heavy atom. The van der Waals surface area contributed by atoms with Crippen molar-refractivity contribution in [3.63, 3.8) is 0 Å². The molecule has 124 valence electrons. The number of thiazole rings is 1. The second kappa shape index (κ2) is 6.80. The van der Waals surface area contributed by atoms with Gasteiger partial charge in [0.15, 0.2) is 5.13 Å². The summed E-state index contributed by atoms with van der Waals surface area (Å²) < 4.78 is 1.86. The zero-order chi connectivity index (χ0) is 16.4. The topological polar surface area (TPSA) is 54.3 Å². The van der Waals surface area contributed by atoms with Crippen molar-refractivity contribution in [2.45, 2.75) is 39.3 Å². The lowest BCUT2D eigenvalue weighted by Crippen LogP contribution is -2.28. The Morgan fingerprint density at radius 2 is 2.35 bits per heavy atom. The summed E-state index contributed by atoms with van der Waals surface area (Å²) >= 11 is 1.55. The van der Waals surface area contributed by atoms with E-state index in [0.717, 1.165) is 30.3 Å². The lowest BCUT2D eigenvalue weighted by molar-refractivity contribution is -0.116. The van der Waals surface area contributed by atoms with Crippen LogP contribution in [0.4, 0.5) is 5.13 Å². The molecule has 1 saturated heterocycles. The van der Waals surface area contributed by atoms with E-state index in [2.05, 4.69) is 26.6 Å². The Balaban J connectivity index is 1.71. The van der Waals surface area contributed by atoms with Crippen molar-refractivity contribution in [3.8, 4) is 0 Å². The van der Waals surface area contributed by atoms with E-state index in [1.807, 2.05) is 24.9 Å². The van der Waals surface area contributed by atoms with Crippen molar-refractivity contribution in [3.05, 3.63) is 29.0 Å². The van der Waals surface area contributed by atoms with Crippen LogP contribution in [0.1, 0.15) is 44.0 Å². The summed E-state index contributed by atoms with van der Waals surface area (Å²) in [6, 6.07) is 0.420. The van der Waals surface area contributed by atoms with Crippen molar-refractivity contribution in [2.24, 2.45) is 7.05 Å². The molecule has 1 aliphatic rings. The summed E-state index contributed by atoms with van der Waals surface area (Å²) in [5.74, 6) is 0.0443. The van der Waals surface area contributed by atoms with Gasteiger partial charge in [-0.1, -0.05) is 0 Å². The molecule has 1 amide bonds. The maximum atomic E-state index is 11.6. The van der Waals surface area contributed by atoms with E-state index in [1.165, 1.54) is 12.0 Å². The number of aryl methyl sites for hydroxylation is 1. The van der Waals surface area contributed by atoms with Crippen LogP contribution >= 0.6 is 11.3 Å². The molecule has 2 aromatic rings. The van der Waals surface area contributed by atoms with E-state index in [-0.39, 0.29) is 5.91 Å². The van der Waals surface area contributed by atoms with E-state index >= 15 is 0 Å². The van der Waals surface area contributed by atoms with Crippen LogP contribution in [0.25, 0.3) is 0 Å². The van der Waals surface area contributed by atoms with Crippen molar-refractivity contribution in [2.75, 3.05) is 18.0 Å². The summed E-state index contributed by atoms with van der Waals surface area (Å²) in [6.45, 7) is 6.12. The highest BCUT2D eigenvalue weighted by Gasteiger charge is 2.27. The molecule has 0 aromatic carbocycles. The fourth-order valence-electron chi connectivity index (χ4n) is 3.20. The molecule has 3 rings (SSSR count). The summed E-state index contributed by atoms with van der Waals surface area (Å²) in [6.07, 6.45) is 6.43. The van der Waals surface area contributed by atoms with Crippen molar-refractivity contribution in [1.29, 1.82) is 0 Å². The van der Waals surface area contributed by atoms with Gasteiger partial charge in [-0.2, -0.15) is 5.10 Å². The van der Waals surface area contributed by atoms with Gasteiger partial charge in [-0.25, -0.2) is 4.98 Å². The predicted octanol–water partition coefficient (Wildman–Crippen LogP) is 2.59. The molecule has 1 atom stereocenters. The Hall–Kier alpha value is -1.73. The molecule has 23 heavy (non-hydrogen) atoms. The SMILES string of the molecule is CCN(C(C)=O)c1nc(CN2CCC[C@H]2c2cnn(C)c2)cs1. The zero-order valence-corrected chi connectivity index (χ0v) is 14.7. The molecule has 3 heterocycles. The molecule has 2 aromatic heterocycles. The van der Waals surface area contributed by atoms with Gasteiger partial charge >= 0.3 is 0 Å². The fourth-order valence-corrected chi connectivity index (χ4v) is 4.12. The number of amides is 1. The number of aromatic nitrogens is 3. The number of hydrogen-bond acceptors (Lipinski definition) is 5. The first kappa shape index (κ1) is 16.1. The number of nitrogens with zero attached hydrogens (tertiary/aromatic N) is 5. The van der Waals surface area contributed by atoms with Crippen molar-refractivity contribution in [1.82, 2.24) is 19.7 Å². The van der Waals surface area contributed by atoms with E-state index in [0.29, 0.717) is 12.6 Å². The van der Waals surface area contributed by atoms with E-state index in [9.17, 15) is 4.79 Å². The van der Waals surface area contributed by atoms with Crippen LogP contribution in [0.5, 0.6) is 0 Å².